The van der Waals surface area contributed by atoms with Gasteiger partial charge in [0.2, 0.25) is 13.4 Å². The zero-order valence-electron chi connectivity index (χ0n) is 6.68. The summed E-state index contributed by atoms with van der Waals surface area (Å²) >= 11 is 0. The Hall–Kier alpha value is -0.590. The van der Waals surface area contributed by atoms with Gasteiger partial charge in [-0.25, -0.2) is 6.08 Å². The summed E-state index contributed by atoms with van der Waals surface area (Å²) in [5, 5.41) is 0. The van der Waals surface area contributed by atoms with E-state index in [2.05, 4.69) is 19.3 Å². The maximum atomic E-state index is 4.81. The fraction of sp³-hybridized carbons (Fsp3) is 0.667. The van der Waals surface area contributed by atoms with E-state index in [0.717, 1.165) is 6.42 Å². The molecule has 0 amide bonds. The maximum absolute atomic E-state index is 4.81. The van der Waals surface area contributed by atoms with E-state index >= 15 is 0 Å². The third-order valence-electron chi connectivity index (χ3n) is 1.82. The van der Waals surface area contributed by atoms with Gasteiger partial charge in [0.1, 0.15) is 0 Å². The molecule has 0 N–H and O–H groups in total. The summed E-state index contributed by atoms with van der Waals surface area (Å²) in [4.78, 5) is 0. The number of allylic oxidation sites excluding steroid dienone is 2. The quantitative estimate of drug-likeness (QED) is 0.388. The number of rotatable bonds is 1. The molecule has 1 nitrogen and oxygen atoms in total. The van der Waals surface area contributed by atoms with Gasteiger partial charge in [-0.2, -0.15) is 0 Å². The Morgan fingerprint density at radius 2 is 2.50 bits per heavy atom. The van der Waals surface area contributed by atoms with Gasteiger partial charge in [0.05, 0.1) is 0 Å². The molecule has 1 aliphatic rings. The predicted octanol–water partition coefficient (Wildman–Crippen LogP) is 2.01. The van der Waals surface area contributed by atoms with Crippen molar-refractivity contribution in [2.75, 3.05) is 7.11 Å². The molecular weight excluding hydrogens is 124 g/mol. The molecule has 0 bridgehead atoms. The Bertz CT molecular complexity index is 156. The Labute approximate surface area is 62.4 Å². The zero-order chi connectivity index (χ0) is 7.40. The van der Waals surface area contributed by atoms with Gasteiger partial charge >= 0.3 is 0 Å². The van der Waals surface area contributed by atoms with Crippen LogP contribution < -0.4 is 0 Å². The van der Waals surface area contributed by atoms with E-state index in [-0.39, 0.29) is 0 Å². The lowest BCUT2D eigenvalue weighted by Crippen LogP contribution is -2.01. The van der Waals surface area contributed by atoms with E-state index in [1.54, 1.807) is 7.11 Å². The highest BCUT2D eigenvalue weighted by molar-refractivity contribution is 5.74. The second-order valence-corrected chi connectivity index (χ2v) is 2.87. The molecule has 0 saturated carbocycles. The van der Waals surface area contributed by atoms with E-state index < -0.39 is 0 Å². The van der Waals surface area contributed by atoms with Crippen molar-refractivity contribution in [3.8, 4) is 0 Å². The van der Waals surface area contributed by atoms with Crippen LogP contribution in [-0.2, 0) is 4.42 Å². The Morgan fingerprint density at radius 1 is 1.70 bits per heavy atom. The standard InChI is InChI=1S/C9H14O/c1-8-4-3-5-9(6-8)7-10-2/h6,8H,3-5H2,1-2H3. The molecule has 0 radical (unpaired) electrons. The SMILES string of the molecule is C[O+]=[C-]C1=CC(C)CCC1. The van der Waals surface area contributed by atoms with Crippen LogP contribution >= 0.6 is 0 Å². The second kappa shape index (κ2) is 3.55. The van der Waals surface area contributed by atoms with E-state index in [9.17, 15) is 0 Å². The first-order chi connectivity index (χ1) is 4.83. The Kier molecular flexibility index (Phi) is 2.67. The molecule has 1 rings (SSSR count). The molecule has 1 atom stereocenters. The maximum Gasteiger partial charge on any atom is 0.229 e. The first-order valence-corrected chi connectivity index (χ1v) is 3.82. The average molecular weight is 138 g/mol. The molecule has 56 valence electrons. The number of hydrogen-bond acceptors (Lipinski definition) is 0. The van der Waals surface area contributed by atoms with Crippen molar-refractivity contribution < 1.29 is 4.42 Å². The third-order valence-corrected chi connectivity index (χ3v) is 1.82. The summed E-state index contributed by atoms with van der Waals surface area (Å²) in [5.74, 6) is 0.714. The van der Waals surface area contributed by atoms with E-state index in [1.165, 1.54) is 18.4 Å². The molecule has 1 aliphatic carbocycles. The van der Waals surface area contributed by atoms with Gasteiger partial charge in [-0.1, -0.05) is 32.1 Å². The fourth-order valence-electron chi connectivity index (χ4n) is 1.34. The highest BCUT2D eigenvalue weighted by atomic mass is 16.4. The van der Waals surface area contributed by atoms with Crippen molar-refractivity contribution >= 4 is 6.29 Å². The summed E-state index contributed by atoms with van der Waals surface area (Å²) in [7, 11) is 1.65. The van der Waals surface area contributed by atoms with Crippen molar-refractivity contribution in [2.45, 2.75) is 26.2 Å². The first kappa shape index (κ1) is 7.52. The monoisotopic (exact) mass is 138 g/mol. The smallest absolute Gasteiger partial charge is 0.229 e. The van der Waals surface area contributed by atoms with Crippen molar-refractivity contribution in [3.63, 3.8) is 0 Å². The van der Waals surface area contributed by atoms with Gasteiger partial charge in [-0.3, -0.25) is 0 Å². The Morgan fingerprint density at radius 3 is 3.10 bits per heavy atom. The third kappa shape index (κ3) is 1.98. The topological polar surface area (TPSA) is 11.3 Å². The van der Waals surface area contributed by atoms with Gasteiger partial charge in [-0.05, 0) is 0 Å². The van der Waals surface area contributed by atoms with Crippen LogP contribution in [0, 0.1) is 5.92 Å². The van der Waals surface area contributed by atoms with Gasteiger partial charge in [0.25, 0.3) is 0 Å². The van der Waals surface area contributed by atoms with Crippen LogP contribution in [0.5, 0.6) is 0 Å². The zero-order valence-corrected chi connectivity index (χ0v) is 6.68. The summed E-state index contributed by atoms with van der Waals surface area (Å²) in [6.07, 6.45) is 8.85. The molecule has 1 unspecified atom stereocenters. The van der Waals surface area contributed by atoms with Gasteiger partial charge < -0.3 is 4.42 Å². The van der Waals surface area contributed by atoms with Gasteiger partial charge in [-0.15, -0.1) is 5.57 Å². The van der Waals surface area contributed by atoms with Crippen molar-refractivity contribution in [1.29, 1.82) is 0 Å². The molecule has 0 spiro atoms. The molecule has 10 heavy (non-hydrogen) atoms. The lowest BCUT2D eigenvalue weighted by Gasteiger charge is -2.18. The molecule has 0 aliphatic heterocycles. The second-order valence-electron chi connectivity index (χ2n) is 2.87. The van der Waals surface area contributed by atoms with Crippen LogP contribution in [0.1, 0.15) is 26.2 Å². The predicted molar refractivity (Wildman–Crippen MR) is 42.7 cm³/mol. The molecule has 0 aromatic rings. The lowest BCUT2D eigenvalue weighted by molar-refractivity contribution is 0.184. The fourth-order valence-corrected chi connectivity index (χ4v) is 1.34. The van der Waals surface area contributed by atoms with Crippen LogP contribution in [0.2, 0.25) is 0 Å². The van der Waals surface area contributed by atoms with Crippen LogP contribution in [0.3, 0.4) is 0 Å². The highest BCUT2D eigenvalue weighted by Gasteiger charge is 2.02. The molecular formula is C9H14O. The minimum atomic E-state index is 0.714. The summed E-state index contributed by atoms with van der Waals surface area (Å²) in [6, 6.07) is 0. The van der Waals surface area contributed by atoms with E-state index in [1.807, 2.05) is 0 Å². The summed E-state index contributed by atoms with van der Waals surface area (Å²) in [5.41, 5.74) is 1.24. The minimum Gasteiger partial charge on any atom is -0.355 e. The number of hydrogen-bond donors (Lipinski definition) is 0. The van der Waals surface area contributed by atoms with E-state index in [4.69, 9.17) is 4.42 Å². The van der Waals surface area contributed by atoms with Crippen LogP contribution in [-0.4, -0.2) is 13.4 Å². The Balaban J connectivity index is 2.57. The normalized spacial score (nSPS) is 27.0. The van der Waals surface area contributed by atoms with Crippen molar-refractivity contribution in [1.82, 2.24) is 0 Å². The van der Waals surface area contributed by atoms with Crippen LogP contribution in [0.4, 0.5) is 0 Å². The largest absolute Gasteiger partial charge is 0.355 e. The van der Waals surface area contributed by atoms with E-state index in [0.29, 0.717) is 5.92 Å². The van der Waals surface area contributed by atoms with Gasteiger partial charge in [0.15, 0.2) is 0 Å². The summed E-state index contributed by atoms with van der Waals surface area (Å²) < 4.78 is 4.81. The molecule has 0 saturated heterocycles. The van der Waals surface area contributed by atoms with Crippen LogP contribution in [0.15, 0.2) is 11.6 Å². The molecule has 1 heteroatoms. The van der Waals surface area contributed by atoms with Crippen molar-refractivity contribution in [2.24, 2.45) is 5.92 Å². The average Bonchev–Trinajstić information content (AvgIpc) is 1.88. The van der Waals surface area contributed by atoms with Gasteiger partial charge in [0, 0.05) is 0 Å². The van der Waals surface area contributed by atoms with Crippen LogP contribution in [0.25, 0.3) is 0 Å². The molecule has 0 aromatic carbocycles. The minimum absolute atomic E-state index is 0.714. The highest BCUT2D eigenvalue weighted by Crippen LogP contribution is 2.20. The summed E-state index contributed by atoms with van der Waals surface area (Å²) in [6.45, 7) is 2.23. The molecule has 0 aromatic heterocycles. The molecule has 0 heterocycles. The first-order valence-electron chi connectivity index (χ1n) is 3.82. The lowest BCUT2D eigenvalue weighted by atomic mass is 9.93. The molecule has 0 fully saturated rings. The van der Waals surface area contributed by atoms with Crippen molar-refractivity contribution in [3.05, 3.63) is 11.6 Å². The number of carbonyl (C=O) groups excluding carboxylic acids is 1.